The second kappa shape index (κ2) is 9.41. The standard InChI is InChI=1S/C16H30ClN3/c1-5-9-10-13(18-11-6-2)12-15-16(17)14(7-3)19-20(15)8-4/h13,18H,5-12H2,1-4H3. The van der Waals surface area contributed by atoms with E-state index < -0.39 is 0 Å². The van der Waals surface area contributed by atoms with Gasteiger partial charge in [0.05, 0.1) is 16.4 Å². The molecule has 1 heterocycles. The first kappa shape index (κ1) is 17.5. The molecule has 0 aliphatic rings. The van der Waals surface area contributed by atoms with Crippen molar-refractivity contribution >= 4 is 11.6 Å². The SMILES string of the molecule is CCCCC(Cc1c(Cl)c(CC)nn1CC)NCCC. The van der Waals surface area contributed by atoms with Gasteiger partial charge in [-0.3, -0.25) is 4.68 Å². The molecule has 1 N–H and O–H groups in total. The first-order chi connectivity index (χ1) is 9.67. The third-order valence-electron chi connectivity index (χ3n) is 3.72. The third kappa shape index (κ3) is 4.78. The molecule has 4 heteroatoms. The van der Waals surface area contributed by atoms with Crippen molar-refractivity contribution in [2.24, 2.45) is 0 Å². The summed E-state index contributed by atoms with van der Waals surface area (Å²) < 4.78 is 2.08. The summed E-state index contributed by atoms with van der Waals surface area (Å²) in [6, 6.07) is 0.513. The average molecular weight is 300 g/mol. The van der Waals surface area contributed by atoms with Crippen LogP contribution in [0.3, 0.4) is 0 Å². The summed E-state index contributed by atoms with van der Waals surface area (Å²) in [4.78, 5) is 0. The molecule has 3 nitrogen and oxygen atoms in total. The maximum atomic E-state index is 6.51. The maximum absolute atomic E-state index is 6.51. The Morgan fingerprint density at radius 2 is 1.95 bits per heavy atom. The summed E-state index contributed by atoms with van der Waals surface area (Å²) in [5, 5.41) is 9.16. The van der Waals surface area contributed by atoms with E-state index >= 15 is 0 Å². The van der Waals surface area contributed by atoms with E-state index in [0.29, 0.717) is 6.04 Å². The van der Waals surface area contributed by atoms with Crippen LogP contribution in [0.25, 0.3) is 0 Å². The Hall–Kier alpha value is -0.540. The van der Waals surface area contributed by atoms with E-state index in [0.717, 1.165) is 36.6 Å². The monoisotopic (exact) mass is 299 g/mol. The first-order valence-electron chi connectivity index (χ1n) is 8.15. The van der Waals surface area contributed by atoms with Gasteiger partial charge in [0.15, 0.2) is 0 Å². The summed E-state index contributed by atoms with van der Waals surface area (Å²) in [6.07, 6.45) is 6.78. The van der Waals surface area contributed by atoms with Crippen molar-refractivity contribution in [3.63, 3.8) is 0 Å². The molecule has 0 aromatic carbocycles. The fourth-order valence-electron chi connectivity index (χ4n) is 2.52. The highest BCUT2D eigenvalue weighted by molar-refractivity contribution is 6.31. The van der Waals surface area contributed by atoms with Gasteiger partial charge in [0.25, 0.3) is 0 Å². The minimum absolute atomic E-state index is 0.513. The highest BCUT2D eigenvalue weighted by Crippen LogP contribution is 2.23. The predicted octanol–water partition coefficient (Wildman–Crippen LogP) is 4.22. The Kier molecular flexibility index (Phi) is 8.24. The largest absolute Gasteiger partial charge is 0.314 e. The van der Waals surface area contributed by atoms with Crippen LogP contribution in [0.15, 0.2) is 0 Å². The Bertz CT molecular complexity index is 379. The Balaban J connectivity index is 2.82. The molecule has 20 heavy (non-hydrogen) atoms. The van der Waals surface area contributed by atoms with Crippen molar-refractivity contribution in [2.45, 2.75) is 78.8 Å². The van der Waals surface area contributed by atoms with Crippen LogP contribution < -0.4 is 5.32 Å². The normalized spacial score (nSPS) is 12.8. The van der Waals surface area contributed by atoms with Gasteiger partial charge in [0.1, 0.15) is 0 Å². The number of aryl methyl sites for hydroxylation is 2. The molecule has 0 aliphatic carbocycles. The number of nitrogens with one attached hydrogen (secondary N) is 1. The zero-order chi connectivity index (χ0) is 15.0. The van der Waals surface area contributed by atoms with Crippen molar-refractivity contribution in [3.05, 3.63) is 16.4 Å². The highest BCUT2D eigenvalue weighted by Gasteiger charge is 2.18. The van der Waals surface area contributed by atoms with Gasteiger partial charge in [-0.1, -0.05) is 45.2 Å². The second-order valence-electron chi connectivity index (χ2n) is 5.37. The second-order valence-corrected chi connectivity index (χ2v) is 5.75. The molecule has 0 aliphatic heterocycles. The van der Waals surface area contributed by atoms with Crippen molar-refractivity contribution in [1.29, 1.82) is 0 Å². The number of halogens is 1. The zero-order valence-electron chi connectivity index (χ0n) is 13.5. The molecule has 1 aromatic heterocycles. The quantitative estimate of drug-likeness (QED) is 0.701. The van der Waals surface area contributed by atoms with Crippen LogP contribution in [0, 0.1) is 0 Å². The lowest BCUT2D eigenvalue weighted by molar-refractivity contribution is 0.447. The fraction of sp³-hybridized carbons (Fsp3) is 0.812. The van der Waals surface area contributed by atoms with Crippen LogP contribution in [-0.2, 0) is 19.4 Å². The van der Waals surface area contributed by atoms with Gasteiger partial charge in [0.2, 0.25) is 0 Å². The summed E-state index contributed by atoms with van der Waals surface area (Å²) >= 11 is 6.51. The molecule has 1 aromatic rings. The molecule has 1 atom stereocenters. The molecule has 116 valence electrons. The number of unbranched alkanes of at least 4 members (excludes halogenated alkanes) is 1. The Labute approximate surface area is 129 Å². The maximum Gasteiger partial charge on any atom is 0.0850 e. The van der Waals surface area contributed by atoms with E-state index in [4.69, 9.17) is 11.6 Å². The van der Waals surface area contributed by atoms with Crippen LogP contribution in [0.4, 0.5) is 0 Å². The molecule has 0 spiro atoms. The zero-order valence-corrected chi connectivity index (χ0v) is 14.3. The average Bonchev–Trinajstić information content (AvgIpc) is 2.77. The molecule has 0 bridgehead atoms. The molecule has 1 unspecified atom stereocenters. The highest BCUT2D eigenvalue weighted by atomic mass is 35.5. The number of hydrogen-bond donors (Lipinski definition) is 1. The third-order valence-corrected chi connectivity index (χ3v) is 4.16. The van der Waals surface area contributed by atoms with Gasteiger partial charge in [-0.2, -0.15) is 5.10 Å². The summed E-state index contributed by atoms with van der Waals surface area (Å²) in [5.41, 5.74) is 2.24. The van der Waals surface area contributed by atoms with Crippen LogP contribution in [-0.4, -0.2) is 22.4 Å². The van der Waals surface area contributed by atoms with E-state index in [2.05, 4.69) is 42.8 Å². The number of nitrogens with zero attached hydrogens (tertiary/aromatic N) is 2. The van der Waals surface area contributed by atoms with Crippen molar-refractivity contribution < 1.29 is 0 Å². The number of hydrogen-bond acceptors (Lipinski definition) is 2. The molecule has 0 fully saturated rings. The molecule has 0 saturated carbocycles. The van der Waals surface area contributed by atoms with Gasteiger partial charge in [-0.15, -0.1) is 0 Å². The van der Waals surface area contributed by atoms with Crippen LogP contribution in [0.2, 0.25) is 5.02 Å². The van der Waals surface area contributed by atoms with Gasteiger partial charge in [0, 0.05) is 19.0 Å². The fourth-order valence-corrected chi connectivity index (χ4v) is 2.87. The first-order valence-corrected chi connectivity index (χ1v) is 8.52. The van der Waals surface area contributed by atoms with E-state index in [1.54, 1.807) is 0 Å². The summed E-state index contributed by atoms with van der Waals surface area (Å²) in [7, 11) is 0. The van der Waals surface area contributed by atoms with Crippen LogP contribution in [0.5, 0.6) is 0 Å². The van der Waals surface area contributed by atoms with Gasteiger partial charge >= 0.3 is 0 Å². The van der Waals surface area contributed by atoms with Gasteiger partial charge < -0.3 is 5.32 Å². The molecule has 0 amide bonds. The smallest absolute Gasteiger partial charge is 0.0850 e. The molecule has 0 saturated heterocycles. The minimum Gasteiger partial charge on any atom is -0.314 e. The summed E-state index contributed by atoms with van der Waals surface area (Å²) in [6.45, 7) is 10.7. The van der Waals surface area contributed by atoms with E-state index in [-0.39, 0.29) is 0 Å². The lowest BCUT2D eigenvalue weighted by atomic mass is 10.0. The lowest BCUT2D eigenvalue weighted by Gasteiger charge is -2.19. The van der Waals surface area contributed by atoms with Crippen molar-refractivity contribution in [2.75, 3.05) is 6.54 Å². The van der Waals surface area contributed by atoms with E-state index in [9.17, 15) is 0 Å². The predicted molar refractivity (Wildman–Crippen MR) is 87.6 cm³/mol. The van der Waals surface area contributed by atoms with Gasteiger partial charge in [-0.25, -0.2) is 0 Å². The Morgan fingerprint density at radius 3 is 2.50 bits per heavy atom. The lowest BCUT2D eigenvalue weighted by Crippen LogP contribution is -2.32. The van der Waals surface area contributed by atoms with Crippen molar-refractivity contribution in [3.8, 4) is 0 Å². The topological polar surface area (TPSA) is 29.9 Å². The molecular weight excluding hydrogens is 270 g/mol. The van der Waals surface area contributed by atoms with Gasteiger partial charge in [-0.05, 0) is 32.7 Å². The molecule has 0 radical (unpaired) electrons. The van der Waals surface area contributed by atoms with E-state index in [1.807, 2.05) is 0 Å². The van der Waals surface area contributed by atoms with E-state index in [1.165, 1.54) is 31.4 Å². The molecule has 1 rings (SSSR count). The van der Waals surface area contributed by atoms with Crippen LogP contribution >= 0.6 is 11.6 Å². The number of aromatic nitrogens is 2. The van der Waals surface area contributed by atoms with Crippen molar-refractivity contribution in [1.82, 2.24) is 15.1 Å². The molecular formula is C16H30ClN3. The van der Waals surface area contributed by atoms with Crippen LogP contribution in [0.1, 0.15) is 64.8 Å². The summed E-state index contributed by atoms with van der Waals surface area (Å²) in [5.74, 6) is 0. The minimum atomic E-state index is 0.513. The number of rotatable bonds is 10. The Morgan fingerprint density at radius 1 is 1.20 bits per heavy atom.